The van der Waals surface area contributed by atoms with Crippen LogP contribution in [0, 0.1) is 0 Å². The van der Waals surface area contributed by atoms with Crippen LogP contribution in [-0.4, -0.2) is 37.0 Å². The van der Waals surface area contributed by atoms with Gasteiger partial charge in [0.15, 0.2) is 0 Å². The number of anilines is 1. The molecule has 0 spiro atoms. The highest BCUT2D eigenvalue weighted by atomic mass is 35.5. The van der Waals surface area contributed by atoms with Gasteiger partial charge in [0.1, 0.15) is 5.75 Å². The molecule has 5 heteroatoms. The molecule has 0 unspecified atom stereocenters. The van der Waals surface area contributed by atoms with Gasteiger partial charge in [0.25, 0.3) is 0 Å². The molecule has 0 fully saturated rings. The van der Waals surface area contributed by atoms with Gasteiger partial charge in [-0.25, -0.2) is 0 Å². The van der Waals surface area contributed by atoms with Crippen LogP contribution in [0.5, 0.6) is 5.75 Å². The lowest BCUT2D eigenvalue weighted by molar-refractivity contribution is -0.117. The predicted molar refractivity (Wildman–Crippen MR) is 109 cm³/mol. The van der Waals surface area contributed by atoms with E-state index in [-0.39, 0.29) is 18.3 Å². The Kier molecular flexibility index (Phi) is 14.3. The van der Waals surface area contributed by atoms with Crippen molar-refractivity contribution in [1.29, 1.82) is 0 Å². The Bertz CT molecular complexity index is 465. The largest absolute Gasteiger partial charge is 0.494 e. The third-order valence-corrected chi connectivity index (χ3v) is 4.15. The molecule has 1 amide bonds. The van der Waals surface area contributed by atoms with Crippen LogP contribution in [0.2, 0.25) is 0 Å². The van der Waals surface area contributed by atoms with Crippen molar-refractivity contribution in [3.63, 3.8) is 0 Å². The lowest BCUT2D eigenvalue weighted by Crippen LogP contribution is -2.32. The third kappa shape index (κ3) is 11.1. The molecule has 144 valence electrons. The summed E-state index contributed by atoms with van der Waals surface area (Å²) < 4.78 is 5.80. The molecule has 25 heavy (non-hydrogen) atoms. The van der Waals surface area contributed by atoms with E-state index in [0.29, 0.717) is 6.54 Å². The Balaban J connectivity index is 0.00000576. The second-order valence-corrected chi connectivity index (χ2v) is 6.15. The number of rotatable bonds is 13. The molecule has 0 radical (unpaired) electrons. The van der Waals surface area contributed by atoms with Crippen LogP contribution in [0.25, 0.3) is 0 Å². The zero-order chi connectivity index (χ0) is 17.6. The molecule has 0 atom stereocenters. The van der Waals surface area contributed by atoms with Crippen LogP contribution in [0.3, 0.4) is 0 Å². The summed E-state index contributed by atoms with van der Waals surface area (Å²) in [7, 11) is 0. The van der Waals surface area contributed by atoms with Crippen molar-refractivity contribution >= 4 is 24.0 Å². The second kappa shape index (κ2) is 15.0. The number of carbonyl (C=O) groups excluding carboxylic acids is 1. The maximum atomic E-state index is 12.0. The van der Waals surface area contributed by atoms with Crippen LogP contribution >= 0.6 is 12.4 Å². The highest BCUT2D eigenvalue weighted by Gasteiger charge is 2.07. The van der Waals surface area contributed by atoms with E-state index in [1.165, 1.54) is 32.1 Å². The van der Waals surface area contributed by atoms with E-state index in [2.05, 4.69) is 31.0 Å². The number of hydrogen-bond acceptors (Lipinski definition) is 3. The molecule has 4 nitrogen and oxygen atoms in total. The van der Waals surface area contributed by atoms with Crippen molar-refractivity contribution < 1.29 is 9.53 Å². The summed E-state index contributed by atoms with van der Waals surface area (Å²) in [4.78, 5) is 14.1. The Morgan fingerprint density at radius 2 is 1.72 bits per heavy atom. The summed E-state index contributed by atoms with van der Waals surface area (Å²) >= 11 is 0. The molecule has 1 aromatic carbocycles. The molecule has 1 aromatic rings. The van der Waals surface area contributed by atoms with Gasteiger partial charge in [-0.2, -0.15) is 0 Å². The van der Waals surface area contributed by atoms with Crippen LogP contribution < -0.4 is 10.1 Å². The van der Waals surface area contributed by atoms with E-state index in [1.807, 2.05) is 24.3 Å². The monoisotopic (exact) mass is 370 g/mol. The van der Waals surface area contributed by atoms with Crippen LogP contribution in [0.1, 0.15) is 59.3 Å². The smallest absolute Gasteiger partial charge is 0.238 e. The van der Waals surface area contributed by atoms with Gasteiger partial charge in [-0.05, 0) is 31.6 Å². The average molecular weight is 371 g/mol. The van der Waals surface area contributed by atoms with E-state index in [1.54, 1.807) is 0 Å². The molecule has 0 aromatic heterocycles. The standard InChI is InChI=1S/C20H34N2O2.ClH/c1-4-7-8-9-10-11-15-24-19-14-12-13-18(16-19)21-20(23)17-22(5-2)6-3;/h12-14,16H,4-11,15,17H2,1-3H3,(H,21,23);1H. The number of benzene rings is 1. The summed E-state index contributed by atoms with van der Waals surface area (Å²) in [6.07, 6.45) is 7.53. The molecule has 0 saturated heterocycles. The first-order valence-corrected chi connectivity index (χ1v) is 9.44. The Labute approximate surface area is 159 Å². The minimum absolute atomic E-state index is 0. The average Bonchev–Trinajstić information content (AvgIpc) is 2.59. The second-order valence-electron chi connectivity index (χ2n) is 6.15. The normalized spacial score (nSPS) is 10.4. The van der Waals surface area contributed by atoms with Gasteiger partial charge in [0.05, 0.1) is 13.2 Å². The van der Waals surface area contributed by atoms with Gasteiger partial charge >= 0.3 is 0 Å². The van der Waals surface area contributed by atoms with Crippen molar-refractivity contribution in [2.45, 2.75) is 59.3 Å². The number of likely N-dealkylation sites (N-methyl/N-ethyl adjacent to an activating group) is 1. The fourth-order valence-electron chi connectivity index (χ4n) is 2.59. The summed E-state index contributed by atoms with van der Waals surface area (Å²) in [5, 5.41) is 2.95. The zero-order valence-electron chi connectivity index (χ0n) is 16.1. The molecule has 1 rings (SSSR count). The van der Waals surface area contributed by atoms with Gasteiger partial charge in [0, 0.05) is 11.8 Å². The van der Waals surface area contributed by atoms with E-state index < -0.39 is 0 Å². The van der Waals surface area contributed by atoms with Crippen molar-refractivity contribution in [3.05, 3.63) is 24.3 Å². The molecule has 0 heterocycles. The van der Waals surface area contributed by atoms with Crippen molar-refractivity contribution in [2.24, 2.45) is 0 Å². The molecule has 0 aliphatic heterocycles. The maximum Gasteiger partial charge on any atom is 0.238 e. The van der Waals surface area contributed by atoms with Gasteiger partial charge in [-0.1, -0.05) is 58.9 Å². The summed E-state index contributed by atoms with van der Waals surface area (Å²) in [6.45, 7) is 9.29. The first-order valence-electron chi connectivity index (χ1n) is 9.44. The fraction of sp³-hybridized carbons (Fsp3) is 0.650. The fourth-order valence-corrected chi connectivity index (χ4v) is 2.59. The highest BCUT2D eigenvalue weighted by molar-refractivity contribution is 5.92. The molecule has 0 aliphatic carbocycles. The lowest BCUT2D eigenvalue weighted by Gasteiger charge is -2.17. The third-order valence-electron chi connectivity index (χ3n) is 4.15. The number of ether oxygens (including phenoxy) is 1. The number of carbonyl (C=O) groups is 1. The van der Waals surface area contributed by atoms with E-state index in [9.17, 15) is 4.79 Å². The Morgan fingerprint density at radius 1 is 1.04 bits per heavy atom. The van der Waals surface area contributed by atoms with Gasteiger partial charge in [-0.15, -0.1) is 12.4 Å². The Hall–Kier alpha value is -1.26. The maximum absolute atomic E-state index is 12.0. The van der Waals surface area contributed by atoms with Crippen LogP contribution in [0.15, 0.2) is 24.3 Å². The van der Waals surface area contributed by atoms with Crippen molar-refractivity contribution in [3.8, 4) is 5.75 Å². The topological polar surface area (TPSA) is 41.6 Å². The first kappa shape index (κ1) is 23.7. The number of amides is 1. The first-order chi connectivity index (χ1) is 11.7. The SMILES string of the molecule is CCCCCCCCOc1cccc(NC(=O)CN(CC)CC)c1.Cl. The minimum atomic E-state index is 0. The Morgan fingerprint density at radius 3 is 2.40 bits per heavy atom. The summed E-state index contributed by atoms with van der Waals surface area (Å²) in [6, 6.07) is 7.66. The van der Waals surface area contributed by atoms with Gasteiger partial charge in [-0.3, -0.25) is 9.69 Å². The highest BCUT2D eigenvalue weighted by Crippen LogP contribution is 2.18. The molecular weight excluding hydrogens is 336 g/mol. The van der Waals surface area contributed by atoms with E-state index in [4.69, 9.17) is 4.74 Å². The number of halogens is 1. The van der Waals surface area contributed by atoms with Gasteiger partial charge in [0.2, 0.25) is 5.91 Å². The van der Waals surface area contributed by atoms with Crippen LogP contribution in [-0.2, 0) is 4.79 Å². The molecular formula is C20H35ClN2O2. The number of unbranched alkanes of at least 4 members (excludes halogenated alkanes) is 5. The number of nitrogens with zero attached hydrogens (tertiary/aromatic N) is 1. The summed E-state index contributed by atoms with van der Waals surface area (Å²) in [5.41, 5.74) is 0.799. The van der Waals surface area contributed by atoms with E-state index in [0.717, 1.165) is 37.6 Å². The molecule has 0 bridgehead atoms. The van der Waals surface area contributed by atoms with E-state index >= 15 is 0 Å². The summed E-state index contributed by atoms with van der Waals surface area (Å²) in [5.74, 6) is 0.843. The van der Waals surface area contributed by atoms with Gasteiger partial charge < -0.3 is 10.1 Å². The van der Waals surface area contributed by atoms with Crippen molar-refractivity contribution in [1.82, 2.24) is 4.90 Å². The molecule has 0 saturated carbocycles. The zero-order valence-corrected chi connectivity index (χ0v) is 16.9. The quantitative estimate of drug-likeness (QED) is 0.489. The van der Waals surface area contributed by atoms with Crippen LogP contribution in [0.4, 0.5) is 5.69 Å². The minimum Gasteiger partial charge on any atom is -0.494 e. The number of hydrogen-bond donors (Lipinski definition) is 1. The van der Waals surface area contributed by atoms with Crippen molar-refractivity contribution in [2.75, 3.05) is 31.6 Å². The molecule has 0 aliphatic rings. The number of nitrogens with one attached hydrogen (secondary N) is 1. The predicted octanol–water partition coefficient (Wildman–Crippen LogP) is 5.13. The lowest BCUT2D eigenvalue weighted by atomic mass is 10.1. The molecule has 1 N–H and O–H groups in total.